The van der Waals surface area contributed by atoms with Crippen LogP contribution in [0.25, 0.3) is 0 Å². The van der Waals surface area contributed by atoms with E-state index in [1.54, 1.807) is 6.92 Å². The van der Waals surface area contributed by atoms with E-state index in [1.165, 1.54) is 31.2 Å². The van der Waals surface area contributed by atoms with Crippen molar-refractivity contribution < 1.29 is 18.8 Å². The lowest BCUT2D eigenvalue weighted by molar-refractivity contribution is -0.123. The van der Waals surface area contributed by atoms with E-state index in [-0.39, 0.29) is 5.76 Å². The fourth-order valence-corrected chi connectivity index (χ4v) is 2.13. The average Bonchev–Trinajstić information content (AvgIpc) is 2.84. The summed E-state index contributed by atoms with van der Waals surface area (Å²) in [6.07, 6.45) is -1.03. The summed E-state index contributed by atoms with van der Waals surface area (Å²) in [6.45, 7) is 3.10. The van der Waals surface area contributed by atoms with E-state index in [2.05, 4.69) is 10.5 Å². The van der Waals surface area contributed by atoms with Crippen molar-refractivity contribution in [3.05, 3.63) is 45.8 Å². The van der Waals surface area contributed by atoms with Gasteiger partial charge in [0.25, 0.3) is 5.91 Å². The number of rotatable bonds is 4. The van der Waals surface area contributed by atoms with E-state index in [0.717, 1.165) is 0 Å². The zero-order valence-corrected chi connectivity index (χ0v) is 13.2. The fraction of sp³-hybridized carbons (Fsp3) is 0.214. The first kappa shape index (κ1) is 16.3. The van der Waals surface area contributed by atoms with Gasteiger partial charge >= 0.3 is 5.97 Å². The molecule has 6 nitrogen and oxygen atoms in total. The van der Waals surface area contributed by atoms with Crippen LogP contribution < -0.4 is 5.32 Å². The molecule has 1 N–H and O–H groups in total. The van der Waals surface area contributed by atoms with Crippen LogP contribution in [0.15, 0.2) is 28.8 Å². The second kappa shape index (κ2) is 6.81. The molecule has 0 bridgehead atoms. The molecule has 0 unspecified atom stereocenters. The van der Waals surface area contributed by atoms with Gasteiger partial charge in [-0.05, 0) is 32.0 Å². The van der Waals surface area contributed by atoms with Crippen LogP contribution in [0, 0.1) is 6.92 Å². The predicted molar refractivity (Wildman–Crippen MR) is 81.2 cm³/mol. The summed E-state index contributed by atoms with van der Waals surface area (Å²) in [4.78, 5) is 23.7. The number of amides is 1. The van der Waals surface area contributed by atoms with Gasteiger partial charge in [0.2, 0.25) is 5.76 Å². The van der Waals surface area contributed by atoms with Crippen LogP contribution in [0.2, 0.25) is 10.0 Å². The van der Waals surface area contributed by atoms with Gasteiger partial charge in [-0.3, -0.25) is 4.79 Å². The molecule has 0 radical (unpaired) electrons. The molecular formula is C14H12Cl2N2O4. The lowest BCUT2D eigenvalue weighted by atomic mass is 10.3. The van der Waals surface area contributed by atoms with Crippen LogP contribution in [0.4, 0.5) is 5.69 Å². The molecular weight excluding hydrogens is 331 g/mol. The van der Waals surface area contributed by atoms with Gasteiger partial charge in [0, 0.05) is 21.8 Å². The molecule has 0 saturated carbocycles. The van der Waals surface area contributed by atoms with Gasteiger partial charge in [-0.25, -0.2) is 4.79 Å². The summed E-state index contributed by atoms with van der Waals surface area (Å²) >= 11 is 11.7. The first-order valence-corrected chi connectivity index (χ1v) is 7.02. The summed E-state index contributed by atoms with van der Waals surface area (Å²) in [7, 11) is 0. The van der Waals surface area contributed by atoms with Crippen LogP contribution in [-0.4, -0.2) is 23.1 Å². The van der Waals surface area contributed by atoms with Crippen LogP contribution in [0.5, 0.6) is 0 Å². The Morgan fingerprint density at radius 2 is 1.86 bits per heavy atom. The number of aryl methyl sites for hydroxylation is 1. The van der Waals surface area contributed by atoms with Crippen molar-refractivity contribution in [2.75, 3.05) is 5.32 Å². The number of nitrogens with zero attached hydrogens (tertiary/aromatic N) is 1. The second-order valence-electron chi connectivity index (χ2n) is 4.53. The van der Waals surface area contributed by atoms with Crippen molar-refractivity contribution in [2.24, 2.45) is 0 Å². The third-order valence-corrected chi connectivity index (χ3v) is 3.05. The number of nitrogens with one attached hydrogen (secondary N) is 1. The normalized spacial score (nSPS) is 11.8. The molecule has 2 aromatic rings. The van der Waals surface area contributed by atoms with Gasteiger partial charge in [0.1, 0.15) is 0 Å². The van der Waals surface area contributed by atoms with Crippen LogP contribution in [0.3, 0.4) is 0 Å². The highest BCUT2D eigenvalue weighted by Crippen LogP contribution is 2.22. The van der Waals surface area contributed by atoms with Crippen molar-refractivity contribution in [2.45, 2.75) is 20.0 Å². The molecule has 0 aliphatic carbocycles. The zero-order valence-electron chi connectivity index (χ0n) is 11.7. The molecule has 2 rings (SSSR count). The molecule has 1 heterocycles. The summed E-state index contributed by atoms with van der Waals surface area (Å²) in [5.74, 6) is -1.36. The third kappa shape index (κ3) is 4.22. The largest absolute Gasteiger partial charge is 0.447 e. The predicted octanol–water partition coefficient (Wildman–Crippen LogP) is 3.47. The number of halogens is 2. The Kier molecular flexibility index (Phi) is 5.05. The van der Waals surface area contributed by atoms with Crippen LogP contribution in [0.1, 0.15) is 23.2 Å². The first-order chi connectivity index (χ1) is 10.3. The van der Waals surface area contributed by atoms with E-state index in [0.29, 0.717) is 21.4 Å². The molecule has 116 valence electrons. The van der Waals surface area contributed by atoms with E-state index < -0.39 is 18.0 Å². The minimum atomic E-state index is -1.03. The molecule has 1 aromatic carbocycles. The Hall–Kier alpha value is -2.05. The Labute approximate surface area is 136 Å². The Balaban J connectivity index is 1.98. The Bertz CT molecular complexity index is 694. The van der Waals surface area contributed by atoms with Gasteiger partial charge in [0.05, 0.1) is 5.69 Å². The van der Waals surface area contributed by atoms with Crippen molar-refractivity contribution in [3.8, 4) is 0 Å². The molecule has 1 aromatic heterocycles. The summed E-state index contributed by atoms with van der Waals surface area (Å²) < 4.78 is 9.76. The minimum absolute atomic E-state index is 0.0667. The molecule has 1 amide bonds. The maximum Gasteiger partial charge on any atom is 0.377 e. The van der Waals surface area contributed by atoms with Crippen molar-refractivity contribution in [3.63, 3.8) is 0 Å². The highest BCUT2D eigenvalue weighted by Gasteiger charge is 2.21. The lowest BCUT2D eigenvalue weighted by Gasteiger charge is -2.12. The molecule has 0 fully saturated rings. The van der Waals surface area contributed by atoms with Gasteiger partial charge in [-0.1, -0.05) is 28.4 Å². The van der Waals surface area contributed by atoms with E-state index in [4.69, 9.17) is 32.5 Å². The molecule has 8 heteroatoms. The summed E-state index contributed by atoms with van der Waals surface area (Å²) in [5, 5.41) is 6.88. The average molecular weight is 343 g/mol. The number of carbonyl (C=O) groups is 2. The van der Waals surface area contributed by atoms with Gasteiger partial charge < -0.3 is 14.6 Å². The smallest absolute Gasteiger partial charge is 0.377 e. The standard InChI is InChI=1S/C14H12Cl2N2O4/c1-7-3-12(22-18-7)14(20)21-8(2)13(19)17-11-5-9(15)4-10(16)6-11/h3-6,8H,1-2H3,(H,17,19)/t8-/m1/s1. The minimum Gasteiger partial charge on any atom is -0.447 e. The van der Waals surface area contributed by atoms with Crippen LogP contribution in [-0.2, 0) is 9.53 Å². The molecule has 0 aliphatic heterocycles. The van der Waals surface area contributed by atoms with Crippen molar-refractivity contribution >= 4 is 40.8 Å². The van der Waals surface area contributed by atoms with E-state index in [1.807, 2.05) is 0 Å². The van der Waals surface area contributed by atoms with E-state index >= 15 is 0 Å². The number of carbonyl (C=O) groups excluding carboxylic acids is 2. The topological polar surface area (TPSA) is 81.4 Å². The number of hydrogen-bond donors (Lipinski definition) is 1. The van der Waals surface area contributed by atoms with Crippen molar-refractivity contribution in [1.82, 2.24) is 5.16 Å². The highest BCUT2D eigenvalue weighted by molar-refractivity contribution is 6.35. The Morgan fingerprint density at radius 3 is 2.41 bits per heavy atom. The highest BCUT2D eigenvalue weighted by atomic mass is 35.5. The molecule has 1 atom stereocenters. The van der Waals surface area contributed by atoms with E-state index in [9.17, 15) is 9.59 Å². The first-order valence-electron chi connectivity index (χ1n) is 6.26. The number of benzene rings is 1. The molecule has 22 heavy (non-hydrogen) atoms. The third-order valence-electron chi connectivity index (χ3n) is 2.61. The van der Waals surface area contributed by atoms with Gasteiger partial charge in [-0.15, -0.1) is 0 Å². The number of anilines is 1. The number of aromatic nitrogens is 1. The van der Waals surface area contributed by atoms with Crippen LogP contribution >= 0.6 is 23.2 Å². The molecule has 0 saturated heterocycles. The number of esters is 1. The van der Waals surface area contributed by atoms with Gasteiger partial charge in [-0.2, -0.15) is 0 Å². The zero-order chi connectivity index (χ0) is 16.3. The van der Waals surface area contributed by atoms with Gasteiger partial charge in [0.15, 0.2) is 6.10 Å². The summed E-state index contributed by atoms with van der Waals surface area (Å²) in [6, 6.07) is 6.01. The monoisotopic (exact) mass is 342 g/mol. The number of ether oxygens (including phenoxy) is 1. The molecule has 0 spiro atoms. The fourth-order valence-electron chi connectivity index (χ4n) is 1.60. The SMILES string of the molecule is Cc1cc(C(=O)O[C@H](C)C(=O)Nc2cc(Cl)cc(Cl)c2)on1. The van der Waals surface area contributed by atoms with Crippen molar-refractivity contribution in [1.29, 1.82) is 0 Å². The maximum absolute atomic E-state index is 12.0. The quantitative estimate of drug-likeness (QED) is 0.860. The molecule has 0 aliphatic rings. The number of hydrogen-bond acceptors (Lipinski definition) is 5. The Morgan fingerprint density at radius 1 is 1.23 bits per heavy atom. The second-order valence-corrected chi connectivity index (χ2v) is 5.40. The maximum atomic E-state index is 12.0. The lowest BCUT2D eigenvalue weighted by Crippen LogP contribution is -2.29. The summed E-state index contributed by atoms with van der Waals surface area (Å²) in [5.41, 5.74) is 0.943.